The highest BCUT2D eigenvalue weighted by Crippen LogP contribution is 2.41. The molecule has 3 rings (SSSR count). The quantitative estimate of drug-likeness (QED) is 0.364. The number of piperidine rings is 1. The Morgan fingerprint density at radius 2 is 1.78 bits per heavy atom. The Balaban J connectivity index is 0.00000261. The molecule has 1 saturated heterocycles. The minimum absolute atomic E-state index is 0. The van der Waals surface area contributed by atoms with Crippen molar-refractivity contribution in [1.29, 1.82) is 0 Å². The van der Waals surface area contributed by atoms with Gasteiger partial charge in [0.2, 0.25) is 0 Å². The van der Waals surface area contributed by atoms with Crippen LogP contribution in [-0.4, -0.2) is 50.6 Å². The fourth-order valence-electron chi connectivity index (χ4n) is 4.46. The molecule has 0 aromatic heterocycles. The van der Waals surface area contributed by atoms with E-state index in [1.807, 2.05) is 0 Å². The van der Waals surface area contributed by atoms with Crippen LogP contribution < -0.4 is 10.6 Å². The molecule has 1 saturated carbocycles. The van der Waals surface area contributed by atoms with Gasteiger partial charge in [0.25, 0.3) is 0 Å². The van der Waals surface area contributed by atoms with Crippen molar-refractivity contribution in [2.75, 3.05) is 39.8 Å². The summed E-state index contributed by atoms with van der Waals surface area (Å²) in [5.41, 5.74) is 1.70. The molecule has 2 N–H and O–H groups in total. The maximum absolute atomic E-state index is 5.03. The average Bonchev–Trinajstić information content (AvgIpc) is 3.16. The van der Waals surface area contributed by atoms with E-state index in [2.05, 4.69) is 59.8 Å². The third-order valence-electron chi connectivity index (χ3n) is 6.23. The highest BCUT2D eigenvalue weighted by Gasteiger charge is 2.35. The largest absolute Gasteiger partial charge is 0.357 e. The van der Waals surface area contributed by atoms with E-state index in [9.17, 15) is 0 Å². The second-order valence-electron chi connectivity index (χ2n) is 8.18. The maximum atomic E-state index is 5.03. The Hall–Kier alpha value is -0.820. The fraction of sp³-hybridized carbons (Fsp3) is 0.682. The minimum Gasteiger partial charge on any atom is -0.357 e. The standard InChI is InChI=1S/C22H36N4.HI/c1-3-23-21(24-17-19-11-15-26(2)16-12-19)25-18-22(13-7-8-14-22)20-9-5-4-6-10-20;/h4-6,9-10,19H,3,7-8,11-18H2,1-2H3,(H2,23,24,25);1H. The van der Waals surface area contributed by atoms with Gasteiger partial charge in [-0.1, -0.05) is 43.2 Å². The Labute approximate surface area is 182 Å². The number of aliphatic imine (C=N–C) groups is 1. The summed E-state index contributed by atoms with van der Waals surface area (Å²) in [6, 6.07) is 11.0. The first-order valence-electron chi connectivity index (χ1n) is 10.5. The second-order valence-corrected chi connectivity index (χ2v) is 8.18. The molecule has 5 heteroatoms. The van der Waals surface area contributed by atoms with Crippen molar-refractivity contribution in [2.24, 2.45) is 10.9 Å². The molecule has 1 aromatic carbocycles. The monoisotopic (exact) mass is 484 g/mol. The number of rotatable bonds is 6. The molecule has 27 heavy (non-hydrogen) atoms. The van der Waals surface area contributed by atoms with Crippen molar-refractivity contribution in [2.45, 2.75) is 50.9 Å². The average molecular weight is 484 g/mol. The van der Waals surface area contributed by atoms with Crippen LogP contribution in [0.25, 0.3) is 0 Å². The van der Waals surface area contributed by atoms with Gasteiger partial charge >= 0.3 is 0 Å². The van der Waals surface area contributed by atoms with Crippen LogP contribution in [0.1, 0.15) is 51.0 Å². The third-order valence-corrected chi connectivity index (χ3v) is 6.23. The summed E-state index contributed by atoms with van der Waals surface area (Å²) >= 11 is 0. The van der Waals surface area contributed by atoms with Crippen LogP contribution in [0.2, 0.25) is 0 Å². The molecule has 152 valence electrons. The van der Waals surface area contributed by atoms with Crippen molar-refractivity contribution in [3.05, 3.63) is 35.9 Å². The molecule has 0 unspecified atom stereocenters. The zero-order valence-electron chi connectivity index (χ0n) is 17.0. The molecule has 1 aliphatic carbocycles. The molecular weight excluding hydrogens is 447 g/mol. The highest BCUT2D eigenvalue weighted by atomic mass is 127. The molecule has 2 aliphatic rings. The Morgan fingerprint density at radius 3 is 2.41 bits per heavy atom. The summed E-state index contributed by atoms with van der Waals surface area (Å²) in [6.45, 7) is 7.43. The van der Waals surface area contributed by atoms with Gasteiger partial charge in [0.1, 0.15) is 0 Å². The molecule has 0 spiro atoms. The molecular formula is C22H37IN4. The molecule has 4 nitrogen and oxygen atoms in total. The molecule has 0 atom stereocenters. The van der Waals surface area contributed by atoms with E-state index in [1.165, 1.54) is 57.2 Å². The van der Waals surface area contributed by atoms with E-state index in [-0.39, 0.29) is 29.4 Å². The van der Waals surface area contributed by atoms with Crippen LogP contribution in [0.3, 0.4) is 0 Å². The normalized spacial score (nSPS) is 20.9. The number of guanidine groups is 1. The fourth-order valence-corrected chi connectivity index (χ4v) is 4.46. The molecule has 0 bridgehead atoms. The van der Waals surface area contributed by atoms with Crippen LogP contribution in [-0.2, 0) is 5.41 Å². The number of halogens is 1. The molecule has 1 aromatic rings. The lowest BCUT2D eigenvalue weighted by molar-refractivity contribution is 0.220. The van der Waals surface area contributed by atoms with E-state index in [1.54, 1.807) is 0 Å². The molecule has 0 radical (unpaired) electrons. The van der Waals surface area contributed by atoms with Gasteiger partial charge in [-0.3, -0.25) is 4.99 Å². The van der Waals surface area contributed by atoms with Crippen LogP contribution in [0.5, 0.6) is 0 Å². The number of likely N-dealkylation sites (tertiary alicyclic amines) is 1. The van der Waals surface area contributed by atoms with Gasteiger partial charge in [-0.25, -0.2) is 0 Å². The number of hydrogen-bond acceptors (Lipinski definition) is 2. The van der Waals surface area contributed by atoms with E-state index < -0.39 is 0 Å². The molecule has 0 amide bonds. The van der Waals surface area contributed by atoms with Crippen molar-refractivity contribution in [1.82, 2.24) is 15.5 Å². The Kier molecular flexibility index (Phi) is 9.36. The topological polar surface area (TPSA) is 39.7 Å². The minimum atomic E-state index is 0. The first-order valence-corrected chi connectivity index (χ1v) is 10.5. The van der Waals surface area contributed by atoms with Gasteiger partial charge in [0.05, 0.1) is 6.54 Å². The first-order chi connectivity index (χ1) is 12.7. The SMILES string of the molecule is CCNC(=NCC1(c2ccccc2)CCCC1)NCC1CCN(C)CC1.I. The molecule has 2 fully saturated rings. The van der Waals surface area contributed by atoms with Crippen LogP contribution >= 0.6 is 24.0 Å². The number of benzene rings is 1. The predicted octanol–water partition coefficient (Wildman–Crippen LogP) is 4.01. The summed E-state index contributed by atoms with van der Waals surface area (Å²) in [5, 5.41) is 7.07. The predicted molar refractivity (Wildman–Crippen MR) is 126 cm³/mol. The zero-order chi connectivity index (χ0) is 18.2. The zero-order valence-corrected chi connectivity index (χ0v) is 19.4. The second kappa shape index (κ2) is 11.2. The van der Waals surface area contributed by atoms with E-state index in [0.717, 1.165) is 31.5 Å². The van der Waals surface area contributed by atoms with Gasteiger partial charge in [-0.2, -0.15) is 0 Å². The van der Waals surface area contributed by atoms with Crippen molar-refractivity contribution in [3.8, 4) is 0 Å². The van der Waals surface area contributed by atoms with Gasteiger partial charge in [0.15, 0.2) is 5.96 Å². The summed E-state index contributed by atoms with van der Waals surface area (Å²) in [4.78, 5) is 7.46. The number of nitrogens with zero attached hydrogens (tertiary/aromatic N) is 2. The third kappa shape index (κ3) is 6.34. The number of hydrogen-bond donors (Lipinski definition) is 2. The van der Waals surface area contributed by atoms with Gasteiger partial charge in [-0.05, 0) is 64.2 Å². The van der Waals surface area contributed by atoms with Crippen LogP contribution in [0.15, 0.2) is 35.3 Å². The van der Waals surface area contributed by atoms with Gasteiger partial charge in [-0.15, -0.1) is 24.0 Å². The molecule has 1 aliphatic heterocycles. The van der Waals surface area contributed by atoms with E-state index >= 15 is 0 Å². The van der Waals surface area contributed by atoms with Crippen LogP contribution in [0, 0.1) is 5.92 Å². The smallest absolute Gasteiger partial charge is 0.191 e. The Morgan fingerprint density at radius 1 is 1.11 bits per heavy atom. The summed E-state index contributed by atoms with van der Waals surface area (Å²) in [7, 11) is 2.22. The summed E-state index contributed by atoms with van der Waals surface area (Å²) in [6.07, 6.45) is 7.74. The summed E-state index contributed by atoms with van der Waals surface area (Å²) < 4.78 is 0. The van der Waals surface area contributed by atoms with Crippen molar-refractivity contribution < 1.29 is 0 Å². The van der Waals surface area contributed by atoms with E-state index in [0.29, 0.717) is 0 Å². The Bertz CT molecular complexity index is 561. The molecule has 1 heterocycles. The lowest BCUT2D eigenvalue weighted by atomic mass is 9.79. The first kappa shape index (κ1) is 22.5. The van der Waals surface area contributed by atoms with Gasteiger partial charge in [0, 0.05) is 18.5 Å². The van der Waals surface area contributed by atoms with E-state index in [4.69, 9.17) is 4.99 Å². The van der Waals surface area contributed by atoms with Crippen molar-refractivity contribution in [3.63, 3.8) is 0 Å². The summed E-state index contributed by atoms with van der Waals surface area (Å²) in [5.74, 6) is 1.76. The highest BCUT2D eigenvalue weighted by molar-refractivity contribution is 14.0. The lowest BCUT2D eigenvalue weighted by Crippen LogP contribution is -2.43. The number of nitrogens with one attached hydrogen (secondary N) is 2. The lowest BCUT2D eigenvalue weighted by Gasteiger charge is -2.30. The maximum Gasteiger partial charge on any atom is 0.191 e. The van der Waals surface area contributed by atoms with Crippen molar-refractivity contribution >= 4 is 29.9 Å². The van der Waals surface area contributed by atoms with Crippen LogP contribution in [0.4, 0.5) is 0 Å². The van der Waals surface area contributed by atoms with Gasteiger partial charge < -0.3 is 15.5 Å².